The standard InChI is InChI=1S/C24H29N3O3S2/c1-26-22-11-10-21(32(29,30)27-14-4-3-5-15-27)16-19(22)17-23(26)24(28)25-13-12-18-6-8-20(31-2)9-7-18/h6-11,16-17H,3-5,12-15H2,1-2H3,(H,25,28). The van der Waals surface area contributed by atoms with Crippen LogP contribution in [-0.4, -0.2) is 49.1 Å². The molecular weight excluding hydrogens is 442 g/mol. The van der Waals surface area contributed by atoms with Crippen LogP contribution in [0.3, 0.4) is 0 Å². The van der Waals surface area contributed by atoms with E-state index in [4.69, 9.17) is 0 Å². The third-order valence-electron chi connectivity index (χ3n) is 6.06. The Bertz CT molecular complexity index is 1210. The maximum absolute atomic E-state index is 13.0. The van der Waals surface area contributed by atoms with Crippen LogP contribution in [-0.2, 0) is 23.5 Å². The molecule has 0 aliphatic carbocycles. The average molecular weight is 472 g/mol. The van der Waals surface area contributed by atoms with Crippen LogP contribution in [0.5, 0.6) is 0 Å². The fraction of sp³-hybridized carbons (Fsp3) is 0.375. The van der Waals surface area contributed by atoms with Crippen LogP contribution in [0.4, 0.5) is 0 Å². The number of nitrogens with zero attached hydrogens (tertiary/aromatic N) is 2. The molecule has 1 N–H and O–H groups in total. The zero-order chi connectivity index (χ0) is 22.7. The number of thioether (sulfide) groups is 1. The van der Waals surface area contributed by atoms with Crippen molar-refractivity contribution in [1.29, 1.82) is 0 Å². The summed E-state index contributed by atoms with van der Waals surface area (Å²) in [5.74, 6) is -0.162. The summed E-state index contributed by atoms with van der Waals surface area (Å²) in [6.45, 7) is 1.68. The van der Waals surface area contributed by atoms with Crippen LogP contribution in [0.25, 0.3) is 10.9 Å². The predicted molar refractivity (Wildman–Crippen MR) is 130 cm³/mol. The van der Waals surface area contributed by atoms with Crippen LogP contribution in [0.1, 0.15) is 35.3 Å². The summed E-state index contributed by atoms with van der Waals surface area (Å²) in [4.78, 5) is 14.3. The lowest BCUT2D eigenvalue weighted by Crippen LogP contribution is -2.35. The van der Waals surface area contributed by atoms with Gasteiger partial charge >= 0.3 is 0 Å². The Morgan fingerprint density at radius 1 is 1.03 bits per heavy atom. The van der Waals surface area contributed by atoms with E-state index in [0.29, 0.717) is 25.3 Å². The van der Waals surface area contributed by atoms with E-state index in [-0.39, 0.29) is 10.8 Å². The molecule has 170 valence electrons. The van der Waals surface area contributed by atoms with E-state index in [0.717, 1.165) is 36.6 Å². The van der Waals surface area contributed by atoms with Crippen LogP contribution in [0.15, 0.2) is 58.3 Å². The molecule has 4 rings (SSSR count). The highest BCUT2D eigenvalue weighted by Gasteiger charge is 2.26. The number of sulfonamides is 1. The minimum atomic E-state index is -3.51. The number of rotatable bonds is 7. The summed E-state index contributed by atoms with van der Waals surface area (Å²) in [6, 6.07) is 15.2. The number of hydrogen-bond acceptors (Lipinski definition) is 4. The topological polar surface area (TPSA) is 71.4 Å². The molecular formula is C24H29N3O3S2. The van der Waals surface area contributed by atoms with Crippen molar-refractivity contribution in [3.05, 3.63) is 59.8 Å². The minimum absolute atomic E-state index is 0.162. The molecule has 1 aliphatic rings. The highest BCUT2D eigenvalue weighted by Crippen LogP contribution is 2.26. The Labute approximate surface area is 194 Å². The van der Waals surface area contributed by atoms with E-state index < -0.39 is 10.0 Å². The predicted octanol–water partition coefficient (Wildman–Crippen LogP) is 4.05. The summed E-state index contributed by atoms with van der Waals surface area (Å²) >= 11 is 1.70. The molecule has 0 spiro atoms. The summed E-state index contributed by atoms with van der Waals surface area (Å²) < 4.78 is 29.4. The lowest BCUT2D eigenvalue weighted by atomic mass is 10.1. The number of fused-ring (bicyclic) bond motifs is 1. The molecule has 0 unspecified atom stereocenters. The first-order chi connectivity index (χ1) is 15.4. The van der Waals surface area contributed by atoms with Gasteiger partial charge in [0.05, 0.1) is 4.90 Å². The van der Waals surface area contributed by atoms with Gasteiger partial charge < -0.3 is 9.88 Å². The summed E-state index contributed by atoms with van der Waals surface area (Å²) in [5.41, 5.74) is 2.53. The van der Waals surface area contributed by atoms with Gasteiger partial charge in [-0.2, -0.15) is 4.31 Å². The molecule has 0 bridgehead atoms. The molecule has 2 aromatic carbocycles. The molecule has 1 fully saturated rings. The molecule has 0 radical (unpaired) electrons. The Morgan fingerprint density at radius 3 is 2.44 bits per heavy atom. The second kappa shape index (κ2) is 9.68. The summed E-state index contributed by atoms with van der Waals surface area (Å²) in [7, 11) is -1.67. The number of aryl methyl sites for hydroxylation is 1. The van der Waals surface area contributed by atoms with Gasteiger partial charge in [-0.05, 0) is 67.5 Å². The second-order valence-electron chi connectivity index (χ2n) is 8.13. The van der Waals surface area contributed by atoms with E-state index in [9.17, 15) is 13.2 Å². The zero-order valence-electron chi connectivity index (χ0n) is 18.5. The first-order valence-corrected chi connectivity index (χ1v) is 13.6. The molecule has 32 heavy (non-hydrogen) atoms. The molecule has 0 atom stereocenters. The van der Waals surface area contributed by atoms with E-state index in [1.165, 1.54) is 10.5 Å². The van der Waals surface area contributed by atoms with Crippen molar-refractivity contribution >= 4 is 38.6 Å². The molecule has 3 aromatic rings. The van der Waals surface area contributed by atoms with Crippen LogP contribution in [0, 0.1) is 0 Å². The van der Waals surface area contributed by atoms with E-state index >= 15 is 0 Å². The lowest BCUT2D eigenvalue weighted by Gasteiger charge is -2.25. The minimum Gasteiger partial charge on any atom is -0.350 e. The molecule has 1 amide bonds. The van der Waals surface area contributed by atoms with Crippen LogP contribution in [0.2, 0.25) is 0 Å². The van der Waals surface area contributed by atoms with Gasteiger partial charge in [0.2, 0.25) is 10.0 Å². The molecule has 1 saturated heterocycles. The normalized spacial score (nSPS) is 15.2. The lowest BCUT2D eigenvalue weighted by molar-refractivity contribution is 0.0946. The fourth-order valence-corrected chi connectivity index (χ4v) is 6.12. The van der Waals surface area contributed by atoms with Gasteiger partial charge in [0.15, 0.2) is 0 Å². The van der Waals surface area contributed by atoms with E-state index in [1.54, 1.807) is 40.3 Å². The maximum Gasteiger partial charge on any atom is 0.267 e. The second-order valence-corrected chi connectivity index (χ2v) is 10.9. The number of aromatic nitrogens is 1. The largest absolute Gasteiger partial charge is 0.350 e. The zero-order valence-corrected chi connectivity index (χ0v) is 20.1. The third-order valence-corrected chi connectivity index (χ3v) is 8.70. The number of amides is 1. The third kappa shape index (κ3) is 4.72. The van der Waals surface area contributed by atoms with Crippen LogP contribution < -0.4 is 5.32 Å². The molecule has 2 heterocycles. The first kappa shape index (κ1) is 22.9. The molecule has 1 aliphatic heterocycles. The highest BCUT2D eigenvalue weighted by atomic mass is 32.2. The van der Waals surface area contributed by atoms with Gasteiger partial charge in [-0.25, -0.2) is 8.42 Å². The smallest absolute Gasteiger partial charge is 0.267 e. The number of hydrogen-bond donors (Lipinski definition) is 1. The summed E-state index contributed by atoms with van der Waals surface area (Å²) in [5, 5.41) is 3.74. The van der Waals surface area contributed by atoms with Crippen LogP contribution >= 0.6 is 11.8 Å². The van der Waals surface area contributed by atoms with Crippen molar-refractivity contribution in [2.24, 2.45) is 7.05 Å². The maximum atomic E-state index is 13.0. The first-order valence-electron chi connectivity index (χ1n) is 10.9. The number of piperidine rings is 1. The fourth-order valence-electron chi connectivity index (χ4n) is 4.16. The van der Waals surface area contributed by atoms with Crippen molar-refractivity contribution in [2.75, 3.05) is 25.9 Å². The van der Waals surface area contributed by atoms with Crippen molar-refractivity contribution in [2.45, 2.75) is 35.5 Å². The van der Waals surface area contributed by atoms with E-state index in [1.807, 2.05) is 17.9 Å². The molecule has 0 saturated carbocycles. The quantitative estimate of drug-likeness (QED) is 0.528. The van der Waals surface area contributed by atoms with Crippen molar-refractivity contribution < 1.29 is 13.2 Å². The van der Waals surface area contributed by atoms with E-state index in [2.05, 4.69) is 29.6 Å². The number of nitrogens with one attached hydrogen (secondary N) is 1. The molecule has 1 aromatic heterocycles. The van der Waals surface area contributed by atoms with Gasteiger partial charge in [0.25, 0.3) is 5.91 Å². The SMILES string of the molecule is CSc1ccc(CCNC(=O)c2cc3cc(S(=O)(=O)N4CCCCC4)ccc3n2C)cc1. The average Bonchev–Trinajstić information content (AvgIpc) is 3.16. The monoisotopic (exact) mass is 471 g/mol. The summed E-state index contributed by atoms with van der Waals surface area (Å²) in [6.07, 6.45) is 5.68. The number of carbonyl (C=O) groups is 1. The van der Waals surface area contributed by atoms with Gasteiger partial charge in [-0.3, -0.25) is 4.79 Å². The number of benzene rings is 2. The van der Waals surface area contributed by atoms with Crippen molar-refractivity contribution in [3.63, 3.8) is 0 Å². The van der Waals surface area contributed by atoms with Gasteiger partial charge in [0.1, 0.15) is 5.69 Å². The molecule has 6 nitrogen and oxygen atoms in total. The Morgan fingerprint density at radius 2 is 1.75 bits per heavy atom. The van der Waals surface area contributed by atoms with Gasteiger partial charge in [-0.1, -0.05) is 18.6 Å². The Balaban J connectivity index is 1.48. The van der Waals surface area contributed by atoms with Gasteiger partial charge in [0, 0.05) is 42.5 Å². The van der Waals surface area contributed by atoms with Crippen molar-refractivity contribution in [1.82, 2.24) is 14.2 Å². The van der Waals surface area contributed by atoms with Crippen molar-refractivity contribution in [3.8, 4) is 0 Å². The van der Waals surface area contributed by atoms with Gasteiger partial charge in [-0.15, -0.1) is 11.8 Å². The Kier molecular flexibility index (Phi) is 6.93. The highest BCUT2D eigenvalue weighted by molar-refractivity contribution is 7.98. The Hall–Kier alpha value is -2.29. The molecule has 8 heteroatoms. The number of carbonyl (C=O) groups excluding carboxylic acids is 1.